The summed E-state index contributed by atoms with van der Waals surface area (Å²) >= 11 is 0. The monoisotopic (exact) mass is 197 g/mol. The van der Waals surface area contributed by atoms with Gasteiger partial charge >= 0.3 is 0 Å². The van der Waals surface area contributed by atoms with Crippen LogP contribution in [0, 0.1) is 0 Å². The lowest BCUT2D eigenvalue weighted by molar-refractivity contribution is -0.895. The minimum Gasteiger partial charge on any atom is -0.328 e. The van der Waals surface area contributed by atoms with Gasteiger partial charge in [0.2, 0.25) is 0 Å². The molecule has 0 atom stereocenters. The smallest absolute Gasteiger partial charge is 0.0797 e. The molecule has 0 N–H and O–H groups in total. The molecule has 0 unspecified atom stereocenters. The molecule has 82 valence electrons. The molecule has 0 radical (unpaired) electrons. The quantitative estimate of drug-likeness (QED) is 0.579. The Kier molecular flexibility index (Phi) is 3.13. The molecular weight excluding hydrogens is 172 g/mol. The van der Waals surface area contributed by atoms with Crippen molar-refractivity contribution >= 4 is 0 Å². The second kappa shape index (κ2) is 4.19. The Morgan fingerprint density at radius 2 is 1.50 bits per heavy atom. The molecule has 14 heavy (non-hydrogen) atoms. The lowest BCUT2D eigenvalue weighted by Crippen LogP contribution is -2.52. The lowest BCUT2D eigenvalue weighted by Gasteiger charge is -2.42. The van der Waals surface area contributed by atoms with Crippen molar-refractivity contribution < 1.29 is 4.48 Å². The number of hydrogen-bond acceptors (Lipinski definition) is 1. The minimum absolute atomic E-state index is 0.918. The van der Waals surface area contributed by atoms with Gasteiger partial charge in [-0.1, -0.05) is 6.42 Å². The summed E-state index contributed by atoms with van der Waals surface area (Å²) in [6.45, 7) is 5.50. The molecule has 2 heteroatoms. The van der Waals surface area contributed by atoms with Crippen LogP contribution in [-0.2, 0) is 0 Å². The maximum atomic E-state index is 2.75. The van der Waals surface area contributed by atoms with E-state index in [-0.39, 0.29) is 0 Å². The predicted molar refractivity (Wildman–Crippen MR) is 60.3 cm³/mol. The molecule has 2 rings (SSSR count). The van der Waals surface area contributed by atoms with Crippen molar-refractivity contribution in [2.75, 3.05) is 40.3 Å². The second-order valence-corrected chi connectivity index (χ2v) is 5.71. The van der Waals surface area contributed by atoms with E-state index in [2.05, 4.69) is 19.0 Å². The zero-order valence-corrected chi connectivity index (χ0v) is 9.84. The first kappa shape index (κ1) is 10.4. The number of hydrogen-bond donors (Lipinski definition) is 0. The third kappa shape index (κ3) is 2.48. The van der Waals surface area contributed by atoms with Crippen LogP contribution in [0.2, 0.25) is 0 Å². The maximum Gasteiger partial charge on any atom is 0.0797 e. The number of rotatable bonds is 1. The van der Waals surface area contributed by atoms with E-state index in [1.807, 2.05) is 0 Å². The van der Waals surface area contributed by atoms with Crippen LogP contribution in [0.4, 0.5) is 0 Å². The highest BCUT2D eigenvalue weighted by atomic mass is 15.3. The average Bonchev–Trinajstić information content (AvgIpc) is 2.19. The van der Waals surface area contributed by atoms with Crippen LogP contribution < -0.4 is 0 Å². The number of nitrogens with zero attached hydrogens (tertiary/aromatic N) is 2. The van der Waals surface area contributed by atoms with Crippen LogP contribution >= 0.6 is 0 Å². The van der Waals surface area contributed by atoms with Gasteiger partial charge in [0.25, 0.3) is 0 Å². The Balaban J connectivity index is 1.82. The first-order chi connectivity index (χ1) is 6.67. The van der Waals surface area contributed by atoms with Crippen molar-refractivity contribution in [3.05, 3.63) is 0 Å². The Hall–Kier alpha value is -0.0800. The third-order valence-corrected chi connectivity index (χ3v) is 4.04. The first-order valence-electron chi connectivity index (χ1n) is 6.23. The van der Waals surface area contributed by atoms with Crippen LogP contribution in [0.1, 0.15) is 32.1 Å². The van der Waals surface area contributed by atoms with Crippen molar-refractivity contribution in [3.8, 4) is 0 Å². The van der Waals surface area contributed by atoms with Gasteiger partial charge in [0.15, 0.2) is 0 Å². The highest BCUT2D eigenvalue weighted by Crippen LogP contribution is 2.22. The van der Waals surface area contributed by atoms with E-state index in [9.17, 15) is 0 Å². The molecule has 2 nitrogen and oxygen atoms in total. The second-order valence-electron chi connectivity index (χ2n) is 5.71. The summed E-state index contributed by atoms with van der Waals surface area (Å²) in [5.74, 6) is 0. The zero-order valence-electron chi connectivity index (χ0n) is 9.84. The van der Waals surface area contributed by atoms with Crippen LogP contribution in [0.3, 0.4) is 0 Å². The minimum atomic E-state index is 0.918. The summed E-state index contributed by atoms with van der Waals surface area (Å²) in [6, 6.07) is 0.918. The number of quaternary nitrogens is 1. The summed E-state index contributed by atoms with van der Waals surface area (Å²) in [5, 5.41) is 0. The summed E-state index contributed by atoms with van der Waals surface area (Å²) in [6.07, 6.45) is 7.19. The van der Waals surface area contributed by atoms with Gasteiger partial charge in [0.05, 0.1) is 27.2 Å². The van der Waals surface area contributed by atoms with E-state index in [0.717, 1.165) is 6.04 Å². The molecule has 2 saturated heterocycles. The predicted octanol–water partition coefficient (Wildman–Crippen LogP) is 1.71. The fraction of sp³-hybridized carbons (Fsp3) is 1.00. The Morgan fingerprint density at radius 3 is 2.07 bits per heavy atom. The van der Waals surface area contributed by atoms with Crippen molar-refractivity contribution in [2.45, 2.75) is 38.1 Å². The van der Waals surface area contributed by atoms with E-state index in [4.69, 9.17) is 0 Å². The van der Waals surface area contributed by atoms with E-state index in [0.29, 0.717) is 0 Å². The van der Waals surface area contributed by atoms with Crippen LogP contribution in [0.5, 0.6) is 0 Å². The Labute approximate surface area is 88.5 Å². The topological polar surface area (TPSA) is 3.24 Å². The third-order valence-electron chi connectivity index (χ3n) is 4.04. The van der Waals surface area contributed by atoms with Crippen LogP contribution in [-0.4, -0.2) is 55.7 Å². The van der Waals surface area contributed by atoms with Gasteiger partial charge in [-0.15, -0.1) is 0 Å². The highest BCUT2D eigenvalue weighted by Gasteiger charge is 2.30. The highest BCUT2D eigenvalue weighted by molar-refractivity contribution is 4.77. The molecule has 2 heterocycles. The van der Waals surface area contributed by atoms with E-state index < -0.39 is 0 Å². The van der Waals surface area contributed by atoms with E-state index in [1.54, 1.807) is 0 Å². The lowest BCUT2D eigenvalue weighted by atomic mass is 9.99. The van der Waals surface area contributed by atoms with Crippen molar-refractivity contribution in [1.29, 1.82) is 0 Å². The largest absolute Gasteiger partial charge is 0.328 e. The van der Waals surface area contributed by atoms with Crippen molar-refractivity contribution in [1.82, 2.24) is 4.90 Å². The van der Waals surface area contributed by atoms with Gasteiger partial charge < -0.3 is 4.48 Å². The standard InChI is InChI=1S/C12H25N2/c1-14(2)10-6-12(7-11-14)13-8-4-3-5-9-13/h12H,3-11H2,1-2H3/q+1. The fourth-order valence-corrected chi connectivity index (χ4v) is 2.90. The van der Waals surface area contributed by atoms with Crippen molar-refractivity contribution in [2.24, 2.45) is 0 Å². The van der Waals surface area contributed by atoms with Gasteiger partial charge in [-0.25, -0.2) is 0 Å². The molecule has 0 bridgehead atoms. The van der Waals surface area contributed by atoms with Gasteiger partial charge in [-0.3, -0.25) is 4.90 Å². The molecule has 0 aromatic heterocycles. The Morgan fingerprint density at radius 1 is 0.929 bits per heavy atom. The van der Waals surface area contributed by atoms with Crippen LogP contribution in [0.25, 0.3) is 0 Å². The summed E-state index contributed by atoms with van der Waals surface area (Å²) in [4.78, 5) is 2.75. The molecule has 0 aromatic rings. The maximum absolute atomic E-state index is 2.75. The molecule has 0 amide bonds. The van der Waals surface area contributed by atoms with Crippen LogP contribution in [0.15, 0.2) is 0 Å². The molecule has 0 aliphatic carbocycles. The molecule has 0 spiro atoms. The van der Waals surface area contributed by atoms with Gasteiger partial charge in [0.1, 0.15) is 0 Å². The molecular formula is C12H25N2+. The Bertz CT molecular complexity index is 173. The summed E-state index contributed by atoms with van der Waals surface area (Å²) in [7, 11) is 4.73. The van der Waals surface area contributed by atoms with Gasteiger partial charge in [0, 0.05) is 18.9 Å². The summed E-state index contributed by atoms with van der Waals surface area (Å²) < 4.78 is 1.24. The first-order valence-corrected chi connectivity index (χ1v) is 6.23. The molecule has 2 aliphatic heterocycles. The van der Waals surface area contributed by atoms with E-state index >= 15 is 0 Å². The number of likely N-dealkylation sites (tertiary alicyclic amines) is 2. The van der Waals surface area contributed by atoms with Gasteiger partial charge in [-0.2, -0.15) is 0 Å². The summed E-state index contributed by atoms with van der Waals surface area (Å²) in [5.41, 5.74) is 0. The zero-order chi connectivity index (χ0) is 10.0. The normalized spacial score (nSPS) is 30.4. The van der Waals surface area contributed by atoms with Crippen molar-refractivity contribution in [3.63, 3.8) is 0 Å². The SMILES string of the molecule is C[N+]1(C)CCC(N2CCCCC2)CC1. The van der Waals surface area contributed by atoms with Gasteiger partial charge in [-0.05, 0) is 25.9 Å². The molecule has 2 fully saturated rings. The van der Waals surface area contributed by atoms with E-state index in [1.165, 1.54) is 62.8 Å². The average molecular weight is 197 g/mol. The fourth-order valence-electron chi connectivity index (χ4n) is 2.90. The molecule has 0 aromatic carbocycles. The molecule has 0 saturated carbocycles. The molecule has 2 aliphatic rings. The number of piperidine rings is 2.